The highest BCUT2D eigenvalue weighted by Gasteiger charge is 2.15. The molecule has 0 atom stereocenters. The fourth-order valence-corrected chi connectivity index (χ4v) is 1.99. The van der Waals surface area contributed by atoms with E-state index >= 15 is 0 Å². The lowest BCUT2D eigenvalue weighted by atomic mass is 10.0. The zero-order valence-corrected chi connectivity index (χ0v) is 12.0. The highest BCUT2D eigenvalue weighted by Crippen LogP contribution is 2.23. The maximum atomic E-state index is 11.3. The average Bonchev–Trinajstić information content (AvgIpc) is 2.51. The zero-order valence-electron chi connectivity index (χ0n) is 12.0. The molecule has 2 N–H and O–H groups in total. The molecule has 5 nitrogen and oxygen atoms in total. The van der Waals surface area contributed by atoms with Crippen LogP contribution >= 0.6 is 0 Å². The van der Waals surface area contributed by atoms with Crippen LogP contribution in [0.4, 0.5) is 0 Å². The van der Waals surface area contributed by atoms with Gasteiger partial charge in [-0.15, -0.1) is 0 Å². The number of aliphatic carboxylic acids is 1. The number of carbonyl (C=O) groups is 1. The number of methoxy groups -OCH3 is 1. The van der Waals surface area contributed by atoms with E-state index in [0.29, 0.717) is 16.9 Å². The molecule has 0 radical (unpaired) electrons. The second kappa shape index (κ2) is 7.17. The number of phenols is 1. The van der Waals surface area contributed by atoms with Crippen LogP contribution in [0, 0.1) is 0 Å². The minimum Gasteiger partial charge on any atom is -0.508 e. The molecule has 0 heterocycles. The summed E-state index contributed by atoms with van der Waals surface area (Å²) in [7, 11) is 1.40. The Morgan fingerprint density at radius 2 is 1.95 bits per heavy atom. The van der Waals surface area contributed by atoms with Crippen molar-refractivity contribution in [3.8, 4) is 11.5 Å². The molecule has 2 aromatic carbocycles. The number of hydrogen-bond acceptors (Lipinski definition) is 4. The summed E-state index contributed by atoms with van der Waals surface area (Å²) in [6.45, 7) is 0.175. The molecule has 114 valence electrons. The largest absolute Gasteiger partial charge is 0.508 e. The van der Waals surface area contributed by atoms with Crippen molar-refractivity contribution in [1.82, 2.24) is 0 Å². The van der Waals surface area contributed by atoms with Crippen LogP contribution in [-0.4, -0.2) is 23.3 Å². The van der Waals surface area contributed by atoms with E-state index in [2.05, 4.69) is 0 Å². The van der Waals surface area contributed by atoms with Crippen LogP contribution in [-0.2, 0) is 16.1 Å². The SMILES string of the molecule is COC=C(C(=O)O)c1ccccc1COc1cccc(O)c1. The molecule has 0 aliphatic carbocycles. The topological polar surface area (TPSA) is 76.0 Å². The summed E-state index contributed by atoms with van der Waals surface area (Å²) in [5.74, 6) is -0.467. The van der Waals surface area contributed by atoms with Crippen molar-refractivity contribution >= 4 is 11.5 Å². The predicted octanol–water partition coefficient (Wildman–Crippen LogP) is 3.04. The van der Waals surface area contributed by atoms with Crippen LogP contribution < -0.4 is 4.74 Å². The number of carboxylic acid groups (broad SMARTS) is 1. The zero-order chi connectivity index (χ0) is 15.9. The van der Waals surface area contributed by atoms with E-state index < -0.39 is 5.97 Å². The molecule has 2 aromatic rings. The van der Waals surface area contributed by atoms with E-state index in [1.807, 2.05) is 0 Å². The summed E-state index contributed by atoms with van der Waals surface area (Å²) in [5, 5.41) is 18.7. The van der Waals surface area contributed by atoms with Crippen molar-refractivity contribution in [3.05, 3.63) is 65.9 Å². The summed E-state index contributed by atoms with van der Waals surface area (Å²) in [4.78, 5) is 11.3. The van der Waals surface area contributed by atoms with Crippen molar-refractivity contribution in [2.75, 3.05) is 7.11 Å². The van der Waals surface area contributed by atoms with Crippen molar-refractivity contribution in [3.63, 3.8) is 0 Å². The third kappa shape index (κ3) is 3.79. The van der Waals surface area contributed by atoms with Crippen molar-refractivity contribution in [2.24, 2.45) is 0 Å². The maximum absolute atomic E-state index is 11.3. The molecule has 0 saturated carbocycles. The normalized spacial score (nSPS) is 11.0. The Kier molecular flexibility index (Phi) is 5.03. The summed E-state index contributed by atoms with van der Waals surface area (Å²) in [6.07, 6.45) is 1.19. The molecule has 5 heteroatoms. The van der Waals surface area contributed by atoms with Crippen LogP contribution in [0.2, 0.25) is 0 Å². The first-order valence-corrected chi connectivity index (χ1v) is 6.58. The summed E-state index contributed by atoms with van der Waals surface area (Å²) >= 11 is 0. The average molecular weight is 300 g/mol. The molecule has 0 aliphatic rings. The molecular formula is C17H16O5. The van der Waals surface area contributed by atoms with E-state index in [0.717, 1.165) is 0 Å². The van der Waals surface area contributed by atoms with Crippen LogP contribution in [0.15, 0.2) is 54.8 Å². The first-order chi connectivity index (χ1) is 10.6. The van der Waals surface area contributed by atoms with Gasteiger partial charge in [-0.1, -0.05) is 30.3 Å². The Morgan fingerprint density at radius 1 is 1.18 bits per heavy atom. The minimum atomic E-state index is -1.08. The van der Waals surface area contributed by atoms with Gasteiger partial charge in [-0.25, -0.2) is 4.79 Å². The molecule has 0 aliphatic heterocycles. The van der Waals surface area contributed by atoms with Crippen LogP contribution in [0.5, 0.6) is 11.5 Å². The Morgan fingerprint density at radius 3 is 2.64 bits per heavy atom. The fourth-order valence-electron chi connectivity index (χ4n) is 1.99. The Labute approximate surface area is 128 Å². The molecule has 0 unspecified atom stereocenters. The number of rotatable bonds is 6. The lowest BCUT2D eigenvalue weighted by Crippen LogP contribution is -2.06. The van der Waals surface area contributed by atoms with E-state index in [4.69, 9.17) is 9.47 Å². The first-order valence-electron chi connectivity index (χ1n) is 6.58. The third-order valence-corrected chi connectivity index (χ3v) is 2.99. The van der Waals surface area contributed by atoms with E-state index in [1.54, 1.807) is 42.5 Å². The van der Waals surface area contributed by atoms with Crippen LogP contribution in [0.1, 0.15) is 11.1 Å². The monoisotopic (exact) mass is 300 g/mol. The maximum Gasteiger partial charge on any atom is 0.339 e. The fraction of sp³-hybridized carbons (Fsp3) is 0.118. The summed E-state index contributed by atoms with van der Waals surface area (Å²) in [6, 6.07) is 13.5. The first kappa shape index (κ1) is 15.4. The van der Waals surface area contributed by atoms with Crippen molar-refractivity contribution < 1.29 is 24.5 Å². The van der Waals surface area contributed by atoms with Gasteiger partial charge in [0.1, 0.15) is 23.7 Å². The minimum absolute atomic E-state index is 0.0533. The standard InChI is InChI=1S/C17H16O5/c1-21-11-16(17(19)20)15-8-3-2-5-12(15)10-22-14-7-4-6-13(18)9-14/h2-9,11,18H,10H2,1H3,(H,19,20). The van der Waals surface area contributed by atoms with Gasteiger partial charge in [0.05, 0.1) is 13.4 Å². The highest BCUT2D eigenvalue weighted by molar-refractivity contribution is 6.15. The van der Waals surface area contributed by atoms with Gasteiger partial charge in [0.15, 0.2) is 0 Å². The number of hydrogen-bond donors (Lipinski definition) is 2. The molecule has 0 spiro atoms. The second-order valence-electron chi connectivity index (χ2n) is 4.52. The number of phenolic OH excluding ortho intramolecular Hbond substituents is 1. The van der Waals surface area contributed by atoms with Gasteiger partial charge < -0.3 is 19.7 Å². The van der Waals surface area contributed by atoms with Gasteiger partial charge in [0.25, 0.3) is 0 Å². The van der Waals surface area contributed by atoms with Gasteiger partial charge >= 0.3 is 5.97 Å². The van der Waals surface area contributed by atoms with Crippen molar-refractivity contribution in [2.45, 2.75) is 6.61 Å². The third-order valence-electron chi connectivity index (χ3n) is 2.99. The Hall–Kier alpha value is -2.95. The number of carboxylic acids is 1. The molecule has 22 heavy (non-hydrogen) atoms. The van der Waals surface area contributed by atoms with Crippen LogP contribution in [0.25, 0.3) is 5.57 Å². The number of ether oxygens (including phenoxy) is 2. The van der Waals surface area contributed by atoms with Gasteiger partial charge in [-0.3, -0.25) is 0 Å². The molecule has 0 bridgehead atoms. The van der Waals surface area contributed by atoms with E-state index in [9.17, 15) is 15.0 Å². The molecule has 0 saturated heterocycles. The Balaban J connectivity index is 2.25. The number of aromatic hydroxyl groups is 1. The summed E-state index contributed by atoms with van der Waals surface area (Å²) in [5.41, 5.74) is 1.28. The lowest BCUT2D eigenvalue weighted by Gasteiger charge is -2.11. The molecule has 0 amide bonds. The lowest BCUT2D eigenvalue weighted by molar-refractivity contribution is -0.130. The highest BCUT2D eigenvalue weighted by atomic mass is 16.5. The molecule has 2 rings (SSSR count). The van der Waals surface area contributed by atoms with Gasteiger partial charge in [0.2, 0.25) is 0 Å². The van der Waals surface area contributed by atoms with Crippen molar-refractivity contribution in [1.29, 1.82) is 0 Å². The predicted molar refractivity (Wildman–Crippen MR) is 81.5 cm³/mol. The van der Waals surface area contributed by atoms with Gasteiger partial charge in [-0.2, -0.15) is 0 Å². The quantitative estimate of drug-likeness (QED) is 0.633. The number of benzene rings is 2. The van der Waals surface area contributed by atoms with Gasteiger partial charge in [0, 0.05) is 6.07 Å². The molecule has 0 aromatic heterocycles. The van der Waals surface area contributed by atoms with E-state index in [-0.39, 0.29) is 17.9 Å². The van der Waals surface area contributed by atoms with Gasteiger partial charge in [-0.05, 0) is 23.3 Å². The van der Waals surface area contributed by atoms with E-state index in [1.165, 1.54) is 19.4 Å². The van der Waals surface area contributed by atoms with Crippen LogP contribution in [0.3, 0.4) is 0 Å². The second-order valence-corrected chi connectivity index (χ2v) is 4.52. The molecular weight excluding hydrogens is 284 g/mol. The summed E-state index contributed by atoms with van der Waals surface area (Å²) < 4.78 is 10.4. The smallest absolute Gasteiger partial charge is 0.339 e. The Bertz CT molecular complexity index is 691. The molecule has 0 fully saturated rings.